The number of carboxylic acid groups (broad SMARTS) is 1. The molecule has 0 saturated heterocycles. The second-order valence-corrected chi connectivity index (χ2v) is 3.33. The summed E-state index contributed by atoms with van der Waals surface area (Å²) in [5.74, 6) is -1.39. The fourth-order valence-corrected chi connectivity index (χ4v) is 1.41. The molecule has 0 aliphatic rings. The number of benzene rings is 1. The molecule has 0 amide bonds. The van der Waals surface area contributed by atoms with E-state index in [-0.39, 0.29) is 11.3 Å². The molecular formula is C10H9N3O3. The van der Waals surface area contributed by atoms with Crippen molar-refractivity contribution in [2.24, 2.45) is 0 Å². The van der Waals surface area contributed by atoms with E-state index in [4.69, 9.17) is 5.11 Å². The number of hydrogen-bond donors (Lipinski definition) is 2. The van der Waals surface area contributed by atoms with E-state index in [0.29, 0.717) is 11.3 Å². The number of aromatic hydroxyl groups is 1. The van der Waals surface area contributed by atoms with Crippen LogP contribution in [0.25, 0.3) is 5.69 Å². The average molecular weight is 219 g/mol. The summed E-state index contributed by atoms with van der Waals surface area (Å²) in [6, 6.07) is 3.03. The number of aryl methyl sites for hydroxylation is 1. The molecule has 2 aromatic rings. The lowest BCUT2D eigenvalue weighted by atomic mass is 10.1. The van der Waals surface area contributed by atoms with Gasteiger partial charge in [-0.05, 0) is 24.6 Å². The predicted octanol–water partition coefficient (Wildman–Crippen LogP) is 0.980. The minimum atomic E-state index is -1.17. The van der Waals surface area contributed by atoms with Crippen LogP contribution in [0.15, 0.2) is 24.8 Å². The highest BCUT2D eigenvalue weighted by Gasteiger charge is 2.13. The normalized spacial score (nSPS) is 10.3. The molecule has 0 bridgehead atoms. The minimum Gasteiger partial charge on any atom is -0.507 e. The van der Waals surface area contributed by atoms with Crippen molar-refractivity contribution in [3.8, 4) is 11.4 Å². The van der Waals surface area contributed by atoms with Crippen molar-refractivity contribution in [3.63, 3.8) is 0 Å². The molecule has 2 rings (SSSR count). The van der Waals surface area contributed by atoms with Crippen molar-refractivity contribution in [1.82, 2.24) is 14.8 Å². The molecule has 6 nitrogen and oxygen atoms in total. The van der Waals surface area contributed by atoms with Crippen molar-refractivity contribution in [1.29, 1.82) is 0 Å². The number of aromatic carboxylic acids is 1. The van der Waals surface area contributed by atoms with Crippen LogP contribution >= 0.6 is 0 Å². The number of carbonyl (C=O) groups is 1. The highest BCUT2D eigenvalue weighted by atomic mass is 16.4. The summed E-state index contributed by atoms with van der Waals surface area (Å²) >= 11 is 0. The predicted molar refractivity (Wildman–Crippen MR) is 54.7 cm³/mol. The van der Waals surface area contributed by atoms with Crippen molar-refractivity contribution >= 4 is 5.97 Å². The van der Waals surface area contributed by atoms with Crippen LogP contribution in [0.1, 0.15) is 15.9 Å². The molecule has 1 aromatic heterocycles. The molecule has 0 saturated carbocycles. The van der Waals surface area contributed by atoms with Crippen LogP contribution in [0.3, 0.4) is 0 Å². The third-order valence-corrected chi connectivity index (χ3v) is 2.23. The summed E-state index contributed by atoms with van der Waals surface area (Å²) in [5.41, 5.74) is 0.949. The van der Waals surface area contributed by atoms with Crippen LogP contribution in [0, 0.1) is 6.92 Å². The Kier molecular flexibility index (Phi) is 2.32. The summed E-state index contributed by atoms with van der Waals surface area (Å²) in [6.45, 7) is 1.63. The number of phenols is 1. The van der Waals surface area contributed by atoms with Crippen molar-refractivity contribution in [2.75, 3.05) is 0 Å². The molecule has 0 aliphatic carbocycles. The molecular weight excluding hydrogens is 210 g/mol. The maximum absolute atomic E-state index is 10.9. The van der Waals surface area contributed by atoms with Crippen LogP contribution in [0.2, 0.25) is 0 Å². The molecule has 16 heavy (non-hydrogen) atoms. The van der Waals surface area contributed by atoms with Gasteiger partial charge in [-0.15, -0.1) is 10.2 Å². The quantitative estimate of drug-likeness (QED) is 0.785. The molecule has 2 N–H and O–H groups in total. The molecule has 0 atom stereocenters. The Morgan fingerprint density at radius 1 is 1.31 bits per heavy atom. The lowest BCUT2D eigenvalue weighted by Gasteiger charge is -2.07. The van der Waals surface area contributed by atoms with Gasteiger partial charge in [0.1, 0.15) is 24.0 Å². The van der Waals surface area contributed by atoms with Gasteiger partial charge in [0.15, 0.2) is 0 Å². The van der Waals surface area contributed by atoms with Gasteiger partial charge in [-0.2, -0.15) is 0 Å². The Labute approximate surface area is 90.8 Å². The zero-order chi connectivity index (χ0) is 11.7. The summed E-state index contributed by atoms with van der Waals surface area (Å²) in [6.07, 6.45) is 2.91. The first-order valence-corrected chi connectivity index (χ1v) is 4.51. The van der Waals surface area contributed by atoms with Crippen LogP contribution in [0.4, 0.5) is 0 Å². The summed E-state index contributed by atoms with van der Waals surface area (Å²) in [4.78, 5) is 10.9. The van der Waals surface area contributed by atoms with Crippen molar-refractivity contribution in [3.05, 3.63) is 35.9 Å². The molecule has 0 radical (unpaired) electrons. The maximum Gasteiger partial charge on any atom is 0.339 e. The summed E-state index contributed by atoms with van der Waals surface area (Å²) < 4.78 is 1.57. The van der Waals surface area contributed by atoms with E-state index < -0.39 is 5.97 Å². The average Bonchev–Trinajstić information content (AvgIpc) is 2.74. The second kappa shape index (κ2) is 3.65. The minimum absolute atomic E-state index is 0.135. The third kappa shape index (κ3) is 1.60. The third-order valence-electron chi connectivity index (χ3n) is 2.23. The zero-order valence-corrected chi connectivity index (χ0v) is 8.45. The van der Waals surface area contributed by atoms with Crippen LogP contribution in [-0.2, 0) is 0 Å². The van der Waals surface area contributed by atoms with Gasteiger partial charge in [-0.25, -0.2) is 4.79 Å². The van der Waals surface area contributed by atoms with Gasteiger partial charge in [0.05, 0.1) is 0 Å². The fourth-order valence-electron chi connectivity index (χ4n) is 1.41. The molecule has 1 heterocycles. The van der Waals surface area contributed by atoms with E-state index in [2.05, 4.69) is 10.2 Å². The SMILES string of the molecule is Cc1cc(-n2cnnc2)cc(C(=O)O)c1O. The van der Waals surface area contributed by atoms with Crippen molar-refractivity contribution in [2.45, 2.75) is 6.92 Å². The number of rotatable bonds is 2. The highest BCUT2D eigenvalue weighted by molar-refractivity contribution is 5.92. The van der Waals surface area contributed by atoms with E-state index in [1.165, 1.54) is 18.7 Å². The van der Waals surface area contributed by atoms with Gasteiger partial charge in [0.2, 0.25) is 0 Å². The van der Waals surface area contributed by atoms with Gasteiger partial charge < -0.3 is 10.2 Å². The molecule has 1 aromatic carbocycles. The first kappa shape index (κ1) is 10.2. The van der Waals surface area contributed by atoms with E-state index in [0.717, 1.165) is 0 Å². The first-order chi connectivity index (χ1) is 7.59. The Bertz CT molecular complexity index is 534. The largest absolute Gasteiger partial charge is 0.507 e. The van der Waals surface area contributed by atoms with Gasteiger partial charge in [-0.1, -0.05) is 0 Å². The number of aromatic nitrogens is 3. The number of carboxylic acids is 1. The van der Waals surface area contributed by atoms with Gasteiger partial charge in [0.25, 0.3) is 0 Å². The molecule has 0 spiro atoms. The smallest absolute Gasteiger partial charge is 0.339 e. The zero-order valence-electron chi connectivity index (χ0n) is 8.45. The topological polar surface area (TPSA) is 88.2 Å². The molecule has 0 aliphatic heterocycles. The van der Waals surface area contributed by atoms with E-state index in [9.17, 15) is 9.90 Å². The van der Waals surface area contributed by atoms with Gasteiger partial charge >= 0.3 is 5.97 Å². The van der Waals surface area contributed by atoms with E-state index in [1.807, 2.05) is 0 Å². The number of hydrogen-bond acceptors (Lipinski definition) is 4. The van der Waals surface area contributed by atoms with E-state index in [1.54, 1.807) is 17.6 Å². The fraction of sp³-hybridized carbons (Fsp3) is 0.100. The highest BCUT2D eigenvalue weighted by Crippen LogP contribution is 2.25. The molecule has 0 fully saturated rings. The lowest BCUT2D eigenvalue weighted by Crippen LogP contribution is -2.01. The van der Waals surface area contributed by atoms with Crippen molar-refractivity contribution < 1.29 is 15.0 Å². The Morgan fingerprint density at radius 2 is 1.94 bits per heavy atom. The standard InChI is InChI=1S/C10H9N3O3/c1-6-2-7(13-4-11-12-5-13)3-8(9(6)14)10(15)16/h2-5,14H,1H3,(H,15,16). The van der Waals surface area contributed by atoms with Crippen LogP contribution < -0.4 is 0 Å². The van der Waals surface area contributed by atoms with E-state index >= 15 is 0 Å². The first-order valence-electron chi connectivity index (χ1n) is 4.51. The van der Waals surface area contributed by atoms with Crippen LogP contribution in [0.5, 0.6) is 5.75 Å². The molecule has 82 valence electrons. The monoisotopic (exact) mass is 219 g/mol. The number of nitrogens with zero attached hydrogens (tertiary/aromatic N) is 3. The maximum atomic E-state index is 10.9. The Balaban J connectivity index is 2.62. The lowest BCUT2D eigenvalue weighted by molar-refractivity contribution is 0.0693. The molecule has 6 heteroatoms. The van der Waals surface area contributed by atoms with Gasteiger partial charge in [-0.3, -0.25) is 4.57 Å². The Hall–Kier alpha value is -2.37. The molecule has 0 unspecified atom stereocenters. The van der Waals surface area contributed by atoms with Crippen LogP contribution in [-0.4, -0.2) is 30.9 Å². The summed E-state index contributed by atoms with van der Waals surface area (Å²) in [5, 5.41) is 25.7. The summed E-state index contributed by atoms with van der Waals surface area (Å²) in [7, 11) is 0. The Morgan fingerprint density at radius 3 is 2.50 bits per heavy atom. The second-order valence-electron chi connectivity index (χ2n) is 3.33. The van der Waals surface area contributed by atoms with Gasteiger partial charge in [0, 0.05) is 5.69 Å².